The number of fused-ring (bicyclic) bond motifs is 10. The Kier molecular flexibility index (Phi) is 10.0. The fraction of sp³-hybridized carbons (Fsp3) is 0.0702. The minimum atomic E-state index is -3.22. The van der Waals surface area contributed by atoms with E-state index >= 15 is 4.57 Å². The predicted molar refractivity (Wildman–Crippen MR) is 273 cm³/mol. The first-order valence-corrected chi connectivity index (χ1v) is 25.3. The Hall–Kier alpha value is -6.87. The molecule has 0 fully saturated rings. The summed E-state index contributed by atoms with van der Waals surface area (Å²) in [5.41, 5.74) is 14.1. The average molecular weight is 867 g/mol. The molecule has 0 bridgehead atoms. The number of rotatable bonds is 9. The van der Waals surface area contributed by atoms with E-state index in [1.165, 1.54) is 0 Å². The highest BCUT2D eigenvalue weighted by Gasteiger charge is 2.48. The molecule has 1 atom stereocenters. The van der Waals surface area contributed by atoms with E-state index in [2.05, 4.69) is 95.4 Å². The summed E-state index contributed by atoms with van der Waals surface area (Å²) in [6.45, 7) is 4.75. The van der Waals surface area contributed by atoms with Gasteiger partial charge in [-0.15, -0.1) is 0 Å². The number of nitrogens with zero attached hydrogens (tertiary/aromatic N) is 2. The Labute approximate surface area is 373 Å². The number of imidazole rings is 1. The molecule has 2 aliphatic carbocycles. The van der Waals surface area contributed by atoms with E-state index in [-0.39, 0.29) is 0 Å². The Balaban J connectivity index is 1.10. The quantitative estimate of drug-likeness (QED) is 0.112. The summed E-state index contributed by atoms with van der Waals surface area (Å²) >= 11 is 0. The zero-order valence-corrected chi connectivity index (χ0v) is 37.1. The molecule has 0 saturated carbocycles. The molecule has 0 spiro atoms. The lowest BCUT2D eigenvalue weighted by atomic mass is 9.87. The molecule has 2 aliphatic rings. The standard InChI is InChI=1S/C57H46N3O2P2/c1-39(47-26-14-16-28-50(47)55(38-58)64(62,44-22-10-4-11-23-44)45-24-12-5-13-25-45)40-30-33-48-41(36-40)31-34-51-49-27-15-17-29-52(49)57-59-53-35-32-46(37-54(53)60(57)56(48)51)63(61,42-18-6-2-7-19-42)43-20-8-3-9-21-43/h2,4-8,10-13,15-25,27-38,62H,1,3,9,14,26,58H2/q+1/b55-38+. The summed E-state index contributed by atoms with van der Waals surface area (Å²) in [7, 11) is -6.35. The lowest BCUT2D eigenvalue weighted by molar-refractivity contribution is 0.591. The first-order valence-electron chi connectivity index (χ1n) is 21.9. The minimum absolute atomic E-state index is 0.719. The molecule has 0 aliphatic heterocycles. The van der Waals surface area contributed by atoms with Crippen LogP contribution in [0, 0.1) is 0 Å². The molecule has 7 aromatic carbocycles. The van der Waals surface area contributed by atoms with Crippen LogP contribution in [0.5, 0.6) is 0 Å². The molecule has 310 valence electrons. The molecule has 3 N–H and O–H groups in total. The number of pyridine rings is 1. The van der Waals surface area contributed by atoms with Crippen LogP contribution in [-0.4, -0.2) is 14.3 Å². The maximum Gasteiger partial charge on any atom is 0.240 e. The van der Waals surface area contributed by atoms with E-state index in [0.29, 0.717) is 0 Å². The summed E-state index contributed by atoms with van der Waals surface area (Å²) < 4.78 is 18.0. The van der Waals surface area contributed by atoms with E-state index < -0.39 is 14.6 Å². The van der Waals surface area contributed by atoms with Gasteiger partial charge in [0.15, 0.2) is 12.5 Å². The van der Waals surface area contributed by atoms with E-state index in [1.807, 2.05) is 103 Å². The van der Waals surface area contributed by atoms with Crippen LogP contribution in [0.1, 0.15) is 31.2 Å². The van der Waals surface area contributed by atoms with Crippen LogP contribution in [0.3, 0.4) is 0 Å². The number of allylic oxidation sites excluding steroid dienone is 10. The van der Waals surface area contributed by atoms with Crippen molar-refractivity contribution in [3.63, 3.8) is 0 Å². The van der Waals surface area contributed by atoms with Gasteiger partial charge in [-0.3, -0.25) is 4.40 Å². The smallest absolute Gasteiger partial charge is 0.240 e. The van der Waals surface area contributed by atoms with Crippen molar-refractivity contribution in [1.29, 1.82) is 0 Å². The summed E-state index contributed by atoms with van der Waals surface area (Å²) in [5, 5.41) is 10.3. The monoisotopic (exact) mass is 866 g/mol. The summed E-state index contributed by atoms with van der Waals surface area (Å²) in [6, 6.07) is 55.5. The highest BCUT2D eigenvalue weighted by molar-refractivity contribution is 7.88. The van der Waals surface area contributed by atoms with Crippen molar-refractivity contribution in [3.05, 3.63) is 234 Å². The van der Waals surface area contributed by atoms with Gasteiger partial charge < -0.3 is 10.3 Å². The van der Waals surface area contributed by atoms with Crippen molar-refractivity contribution in [2.45, 2.75) is 25.7 Å². The molecule has 5 nitrogen and oxygen atoms in total. The Morgan fingerprint density at radius 1 is 0.688 bits per heavy atom. The largest absolute Gasteiger partial charge is 0.401 e. The summed E-state index contributed by atoms with van der Waals surface area (Å²) in [4.78, 5) is 18.3. The molecule has 0 amide bonds. The van der Waals surface area contributed by atoms with Gasteiger partial charge in [0.25, 0.3) is 0 Å². The van der Waals surface area contributed by atoms with E-state index in [9.17, 15) is 4.89 Å². The number of hydrogen-bond acceptors (Lipinski definition) is 4. The van der Waals surface area contributed by atoms with Crippen molar-refractivity contribution >= 4 is 90.6 Å². The third kappa shape index (κ3) is 6.30. The van der Waals surface area contributed by atoms with Crippen molar-refractivity contribution in [2.75, 3.05) is 0 Å². The topological polar surface area (TPSA) is 80.6 Å². The minimum Gasteiger partial charge on any atom is -0.401 e. The molecule has 9 aromatic rings. The molecule has 2 heterocycles. The molecular weight excluding hydrogens is 821 g/mol. The highest BCUT2D eigenvalue weighted by atomic mass is 31.2. The van der Waals surface area contributed by atoms with Gasteiger partial charge in [0.05, 0.1) is 16.6 Å². The Morgan fingerprint density at radius 3 is 2.06 bits per heavy atom. The van der Waals surface area contributed by atoms with Gasteiger partial charge >= 0.3 is 0 Å². The van der Waals surface area contributed by atoms with Crippen molar-refractivity contribution in [1.82, 2.24) is 9.38 Å². The Morgan fingerprint density at radius 2 is 1.36 bits per heavy atom. The van der Waals surface area contributed by atoms with Crippen molar-refractivity contribution in [2.24, 2.45) is 5.73 Å². The van der Waals surface area contributed by atoms with Crippen LogP contribution in [-0.2, 0) is 4.57 Å². The number of benzene rings is 7. The number of nitrogens with two attached hydrogens (primary N) is 1. The normalized spacial score (nSPS) is 15.6. The molecule has 1 unspecified atom stereocenters. The second-order valence-electron chi connectivity index (χ2n) is 16.6. The fourth-order valence-corrected chi connectivity index (χ4v) is 15.5. The number of aromatic nitrogens is 2. The lowest BCUT2D eigenvalue weighted by Crippen LogP contribution is -2.25. The Bertz CT molecular complexity index is 3520. The molecule has 11 rings (SSSR count). The molecular formula is C57H46N3O2P2+. The van der Waals surface area contributed by atoms with E-state index in [1.54, 1.807) is 6.20 Å². The average Bonchev–Trinajstić information content (AvgIpc) is 3.76. The maximum absolute atomic E-state index is 15.7. The lowest BCUT2D eigenvalue weighted by Gasteiger charge is -2.26. The van der Waals surface area contributed by atoms with Gasteiger partial charge in [-0.05, 0) is 102 Å². The fourth-order valence-electron chi connectivity index (χ4n) is 9.94. The van der Waals surface area contributed by atoms with Crippen LogP contribution in [0.15, 0.2) is 229 Å². The molecule has 2 aromatic heterocycles. The first-order chi connectivity index (χ1) is 31.4. The molecule has 64 heavy (non-hydrogen) atoms. The first kappa shape index (κ1) is 39.9. The van der Waals surface area contributed by atoms with Gasteiger partial charge in [-0.2, -0.15) is 0 Å². The van der Waals surface area contributed by atoms with Gasteiger partial charge in [0.2, 0.25) is 7.49 Å². The highest BCUT2D eigenvalue weighted by Crippen LogP contribution is 2.63. The van der Waals surface area contributed by atoms with Crippen LogP contribution in [0.4, 0.5) is 0 Å². The second-order valence-corrected chi connectivity index (χ2v) is 22.2. The zero-order chi connectivity index (χ0) is 43.4. The van der Waals surface area contributed by atoms with Crippen LogP contribution in [0.25, 0.3) is 54.7 Å². The van der Waals surface area contributed by atoms with Crippen molar-refractivity contribution < 1.29 is 9.46 Å². The zero-order valence-electron chi connectivity index (χ0n) is 35.3. The van der Waals surface area contributed by atoms with Crippen LogP contribution >= 0.6 is 14.6 Å². The summed E-state index contributed by atoms with van der Waals surface area (Å²) in [5.74, 6) is 0. The van der Waals surface area contributed by atoms with Gasteiger partial charge in [-0.25, -0.2) is 9.88 Å². The van der Waals surface area contributed by atoms with E-state index in [0.717, 1.165) is 129 Å². The molecule has 7 heteroatoms. The van der Waals surface area contributed by atoms with Gasteiger partial charge in [0, 0.05) is 43.9 Å². The maximum atomic E-state index is 15.7. The molecule has 0 saturated heterocycles. The van der Waals surface area contributed by atoms with Crippen molar-refractivity contribution in [3.8, 4) is 0 Å². The van der Waals surface area contributed by atoms with Gasteiger partial charge in [0.1, 0.15) is 16.3 Å². The van der Waals surface area contributed by atoms with Crippen LogP contribution < -0.4 is 27.0 Å². The SMILES string of the molecule is C=C(C1=C(/C(=C\N)[P+](O)(c2ccccc2)c2ccccc2)C=CCC1)c1ccc2c(ccc3c4ccccc4c4nc5ccc(P(=O)(C6=CCCC=C6)c6ccccc6)cc5n4c23)c1. The second kappa shape index (κ2) is 16.0. The number of hydrogen-bond donors (Lipinski definition) is 2. The third-order valence-corrected chi connectivity index (χ3v) is 19.3. The third-order valence-electron chi connectivity index (χ3n) is 13.1. The predicted octanol–water partition coefficient (Wildman–Crippen LogP) is 12.5. The van der Waals surface area contributed by atoms with Crippen LogP contribution in [0.2, 0.25) is 0 Å². The summed E-state index contributed by atoms with van der Waals surface area (Å²) in [6.07, 6.45) is 15.7. The molecule has 0 radical (unpaired) electrons. The van der Waals surface area contributed by atoms with E-state index in [4.69, 9.17) is 17.3 Å². The van der Waals surface area contributed by atoms with Gasteiger partial charge in [-0.1, -0.05) is 152 Å².